The SMILES string of the molecule is COc1ccc(C(=O)NCc2c(OC)cccc2OC)cc1S(=O)(=O)N1CCOCC1. The van der Waals surface area contributed by atoms with E-state index >= 15 is 0 Å². The van der Waals surface area contributed by atoms with Crippen molar-refractivity contribution in [1.82, 2.24) is 9.62 Å². The summed E-state index contributed by atoms with van der Waals surface area (Å²) >= 11 is 0. The predicted molar refractivity (Wildman–Crippen MR) is 113 cm³/mol. The Morgan fingerprint density at radius 1 is 1.00 bits per heavy atom. The number of carbonyl (C=O) groups is 1. The second-order valence-corrected chi connectivity index (χ2v) is 8.61. The summed E-state index contributed by atoms with van der Waals surface area (Å²) in [6.07, 6.45) is 0. The quantitative estimate of drug-likeness (QED) is 0.652. The van der Waals surface area contributed by atoms with Gasteiger partial charge in [-0.3, -0.25) is 4.79 Å². The highest BCUT2D eigenvalue weighted by Gasteiger charge is 2.30. The zero-order valence-corrected chi connectivity index (χ0v) is 18.5. The van der Waals surface area contributed by atoms with Crippen LogP contribution in [0.1, 0.15) is 15.9 Å². The summed E-state index contributed by atoms with van der Waals surface area (Å²) < 4.78 is 48.7. The van der Waals surface area contributed by atoms with Crippen molar-refractivity contribution < 1.29 is 32.2 Å². The molecule has 1 saturated heterocycles. The number of benzene rings is 2. The fourth-order valence-electron chi connectivity index (χ4n) is 3.32. The van der Waals surface area contributed by atoms with Gasteiger partial charge in [-0.1, -0.05) is 6.07 Å². The molecule has 1 N–H and O–H groups in total. The third-order valence-corrected chi connectivity index (χ3v) is 6.89. The van der Waals surface area contributed by atoms with E-state index in [2.05, 4.69) is 5.32 Å². The summed E-state index contributed by atoms with van der Waals surface area (Å²) in [7, 11) is 0.617. The van der Waals surface area contributed by atoms with Crippen molar-refractivity contribution in [2.45, 2.75) is 11.4 Å². The molecule has 168 valence electrons. The number of carbonyl (C=O) groups excluding carboxylic acids is 1. The summed E-state index contributed by atoms with van der Waals surface area (Å²) in [4.78, 5) is 12.8. The monoisotopic (exact) mass is 450 g/mol. The maximum atomic E-state index is 13.1. The van der Waals surface area contributed by atoms with Crippen molar-refractivity contribution in [1.29, 1.82) is 0 Å². The molecule has 1 heterocycles. The van der Waals surface area contributed by atoms with Crippen LogP contribution in [0.3, 0.4) is 0 Å². The van der Waals surface area contributed by atoms with Gasteiger partial charge in [0.2, 0.25) is 10.0 Å². The van der Waals surface area contributed by atoms with Crippen LogP contribution in [-0.4, -0.2) is 66.3 Å². The van der Waals surface area contributed by atoms with E-state index in [1.165, 1.54) is 43.8 Å². The van der Waals surface area contributed by atoms with Crippen LogP contribution < -0.4 is 19.5 Å². The Labute approximate surface area is 181 Å². The fourth-order valence-corrected chi connectivity index (χ4v) is 4.91. The first-order valence-electron chi connectivity index (χ1n) is 9.66. The van der Waals surface area contributed by atoms with E-state index in [0.717, 1.165) is 0 Å². The van der Waals surface area contributed by atoms with Gasteiger partial charge in [-0.2, -0.15) is 4.31 Å². The largest absolute Gasteiger partial charge is 0.496 e. The maximum Gasteiger partial charge on any atom is 0.251 e. The predicted octanol–water partition coefficient (Wildman–Crippen LogP) is 1.66. The van der Waals surface area contributed by atoms with Crippen LogP contribution >= 0.6 is 0 Å². The summed E-state index contributed by atoms with van der Waals surface area (Å²) in [6, 6.07) is 9.65. The summed E-state index contributed by atoms with van der Waals surface area (Å²) in [5.41, 5.74) is 0.872. The van der Waals surface area contributed by atoms with E-state index in [1.807, 2.05) is 0 Å². The van der Waals surface area contributed by atoms with Crippen LogP contribution in [0.2, 0.25) is 0 Å². The number of ether oxygens (including phenoxy) is 4. The van der Waals surface area contributed by atoms with Gasteiger partial charge in [-0.15, -0.1) is 0 Å². The highest BCUT2D eigenvalue weighted by Crippen LogP contribution is 2.30. The summed E-state index contributed by atoms with van der Waals surface area (Å²) in [5.74, 6) is 0.887. The highest BCUT2D eigenvalue weighted by molar-refractivity contribution is 7.89. The Morgan fingerprint density at radius 2 is 1.61 bits per heavy atom. The summed E-state index contributed by atoms with van der Waals surface area (Å²) in [6.45, 7) is 1.28. The van der Waals surface area contributed by atoms with E-state index in [1.54, 1.807) is 18.2 Å². The van der Waals surface area contributed by atoms with Crippen molar-refractivity contribution in [3.05, 3.63) is 47.5 Å². The molecule has 10 heteroatoms. The molecule has 0 radical (unpaired) electrons. The average molecular weight is 451 g/mol. The number of hydrogen-bond donors (Lipinski definition) is 1. The molecule has 1 fully saturated rings. The van der Waals surface area contributed by atoms with E-state index in [9.17, 15) is 13.2 Å². The smallest absolute Gasteiger partial charge is 0.251 e. The molecule has 1 amide bonds. The lowest BCUT2D eigenvalue weighted by Crippen LogP contribution is -2.40. The molecule has 0 aliphatic carbocycles. The van der Waals surface area contributed by atoms with E-state index in [-0.39, 0.29) is 35.8 Å². The van der Waals surface area contributed by atoms with Gasteiger partial charge in [0.25, 0.3) is 5.91 Å². The lowest BCUT2D eigenvalue weighted by atomic mass is 10.1. The zero-order valence-electron chi connectivity index (χ0n) is 17.7. The molecule has 0 bridgehead atoms. The molecule has 0 unspecified atom stereocenters. The molecule has 1 aliphatic rings. The second kappa shape index (κ2) is 9.99. The molecule has 1 aliphatic heterocycles. The Hall–Kier alpha value is -2.82. The van der Waals surface area contributed by atoms with Gasteiger partial charge in [-0.05, 0) is 30.3 Å². The van der Waals surface area contributed by atoms with Crippen molar-refractivity contribution in [3.63, 3.8) is 0 Å². The first kappa shape index (κ1) is 22.9. The Morgan fingerprint density at radius 3 is 2.19 bits per heavy atom. The number of nitrogens with one attached hydrogen (secondary N) is 1. The number of morpholine rings is 1. The van der Waals surface area contributed by atoms with E-state index in [0.29, 0.717) is 30.3 Å². The third-order valence-electron chi connectivity index (χ3n) is 4.97. The first-order chi connectivity index (χ1) is 14.9. The van der Waals surface area contributed by atoms with Crippen LogP contribution in [0.25, 0.3) is 0 Å². The second-order valence-electron chi connectivity index (χ2n) is 6.71. The van der Waals surface area contributed by atoms with Gasteiger partial charge in [0.15, 0.2) is 0 Å². The number of hydrogen-bond acceptors (Lipinski definition) is 7. The van der Waals surface area contributed by atoms with Gasteiger partial charge in [0.1, 0.15) is 22.1 Å². The summed E-state index contributed by atoms with van der Waals surface area (Å²) in [5, 5.41) is 2.79. The Bertz CT molecular complexity index is 1010. The van der Waals surface area contributed by atoms with Gasteiger partial charge in [0.05, 0.1) is 46.7 Å². The number of rotatable bonds is 8. The first-order valence-corrected chi connectivity index (χ1v) is 11.1. The number of nitrogens with zero attached hydrogens (tertiary/aromatic N) is 1. The minimum Gasteiger partial charge on any atom is -0.496 e. The molecule has 0 spiro atoms. The topological polar surface area (TPSA) is 103 Å². The maximum absolute atomic E-state index is 13.1. The van der Waals surface area contributed by atoms with Crippen LogP contribution in [0.15, 0.2) is 41.3 Å². The molecular weight excluding hydrogens is 424 g/mol. The number of sulfonamides is 1. The highest BCUT2D eigenvalue weighted by atomic mass is 32.2. The number of methoxy groups -OCH3 is 3. The van der Waals surface area contributed by atoms with Gasteiger partial charge in [-0.25, -0.2) is 8.42 Å². The van der Waals surface area contributed by atoms with Crippen LogP contribution in [0, 0.1) is 0 Å². The molecule has 0 aromatic heterocycles. The van der Waals surface area contributed by atoms with Crippen molar-refractivity contribution in [3.8, 4) is 17.2 Å². The van der Waals surface area contributed by atoms with Crippen molar-refractivity contribution in [2.24, 2.45) is 0 Å². The van der Waals surface area contributed by atoms with Crippen LogP contribution in [0.5, 0.6) is 17.2 Å². The molecule has 0 atom stereocenters. The van der Waals surface area contributed by atoms with Crippen molar-refractivity contribution in [2.75, 3.05) is 47.6 Å². The fraction of sp³-hybridized carbons (Fsp3) is 0.381. The minimum absolute atomic E-state index is 0.0561. The Kier molecular flexibility index (Phi) is 7.37. The lowest BCUT2D eigenvalue weighted by Gasteiger charge is -2.26. The molecule has 3 rings (SSSR count). The molecule has 2 aromatic carbocycles. The standard InChI is InChI=1S/C21H26N2O7S/c1-27-17-5-4-6-18(28-2)16(17)14-22-21(24)15-7-8-19(29-3)20(13-15)31(25,26)23-9-11-30-12-10-23/h4-8,13H,9-12,14H2,1-3H3,(H,22,24). The molecule has 31 heavy (non-hydrogen) atoms. The normalized spacial score (nSPS) is 14.7. The molecule has 2 aromatic rings. The average Bonchev–Trinajstić information content (AvgIpc) is 2.82. The van der Waals surface area contributed by atoms with Gasteiger partial charge < -0.3 is 24.3 Å². The molecular formula is C21H26N2O7S. The van der Waals surface area contributed by atoms with E-state index in [4.69, 9.17) is 18.9 Å². The number of amides is 1. The van der Waals surface area contributed by atoms with Crippen LogP contribution in [-0.2, 0) is 21.3 Å². The van der Waals surface area contributed by atoms with Gasteiger partial charge >= 0.3 is 0 Å². The van der Waals surface area contributed by atoms with Crippen molar-refractivity contribution >= 4 is 15.9 Å². The lowest BCUT2D eigenvalue weighted by molar-refractivity contribution is 0.0729. The minimum atomic E-state index is -3.84. The third kappa shape index (κ3) is 4.92. The van der Waals surface area contributed by atoms with Gasteiger partial charge in [0, 0.05) is 18.7 Å². The van der Waals surface area contributed by atoms with E-state index < -0.39 is 15.9 Å². The molecule has 0 saturated carbocycles. The van der Waals surface area contributed by atoms with Crippen LogP contribution in [0.4, 0.5) is 0 Å². The Balaban J connectivity index is 1.85. The zero-order chi connectivity index (χ0) is 22.4. The molecule has 9 nitrogen and oxygen atoms in total.